The van der Waals surface area contributed by atoms with Crippen LogP contribution in [0.15, 0.2) is 60.0 Å². The summed E-state index contributed by atoms with van der Waals surface area (Å²) in [7, 11) is 3.10. The third-order valence-corrected chi connectivity index (χ3v) is 7.62. The molecule has 0 unspecified atom stereocenters. The minimum atomic E-state index is -0.975. The molecule has 0 saturated carbocycles. The van der Waals surface area contributed by atoms with Crippen molar-refractivity contribution in [2.24, 2.45) is 0 Å². The van der Waals surface area contributed by atoms with E-state index < -0.39 is 6.04 Å². The quantitative estimate of drug-likeness (QED) is 0.305. The first-order chi connectivity index (χ1) is 19.1. The lowest BCUT2D eigenvalue weighted by atomic mass is 10.0. The van der Waals surface area contributed by atoms with Crippen molar-refractivity contribution in [3.8, 4) is 11.5 Å². The second kappa shape index (κ2) is 12.3. The van der Waals surface area contributed by atoms with Gasteiger partial charge in [0.15, 0.2) is 0 Å². The largest absolute Gasteiger partial charge is 0.497 e. The van der Waals surface area contributed by atoms with Gasteiger partial charge in [0.1, 0.15) is 29.6 Å². The number of para-hydroxylation sites is 1. The van der Waals surface area contributed by atoms with E-state index in [2.05, 4.69) is 15.6 Å². The molecule has 0 radical (unpaired) electrons. The molecule has 2 atom stereocenters. The summed E-state index contributed by atoms with van der Waals surface area (Å²) < 4.78 is 18.3. The van der Waals surface area contributed by atoms with Gasteiger partial charge in [0.2, 0.25) is 11.8 Å². The SMILES string of the molecule is COc1ccc([C@H](C(=O)NC[C@H]2CCCO2)N(Cc2cccs2)C(=O)Cn2nnc3ccccc32)c(OC)c1. The lowest BCUT2D eigenvalue weighted by Gasteiger charge is -2.32. The number of nitrogens with one attached hydrogen (secondary N) is 1. The Balaban J connectivity index is 1.53. The number of aromatic nitrogens is 3. The summed E-state index contributed by atoms with van der Waals surface area (Å²) in [6, 6.07) is 15.6. The van der Waals surface area contributed by atoms with Crippen LogP contribution in [0.1, 0.15) is 29.3 Å². The van der Waals surface area contributed by atoms with Crippen molar-refractivity contribution in [1.29, 1.82) is 0 Å². The van der Waals surface area contributed by atoms with E-state index in [1.807, 2.05) is 41.8 Å². The van der Waals surface area contributed by atoms with Crippen LogP contribution in [-0.2, 0) is 27.4 Å². The van der Waals surface area contributed by atoms with Gasteiger partial charge < -0.3 is 24.4 Å². The zero-order valence-electron chi connectivity index (χ0n) is 21.9. The predicted molar refractivity (Wildman–Crippen MR) is 147 cm³/mol. The molecule has 2 amide bonds. The summed E-state index contributed by atoms with van der Waals surface area (Å²) >= 11 is 1.52. The number of nitrogens with zero attached hydrogens (tertiary/aromatic N) is 4. The Morgan fingerprint density at radius 3 is 2.79 bits per heavy atom. The first-order valence-electron chi connectivity index (χ1n) is 12.8. The van der Waals surface area contributed by atoms with E-state index in [4.69, 9.17) is 14.2 Å². The normalized spacial score (nSPS) is 15.7. The summed E-state index contributed by atoms with van der Waals surface area (Å²) in [6.07, 6.45) is 1.80. The zero-order chi connectivity index (χ0) is 27.2. The molecule has 0 aliphatic carbocycles. The van der Waals surface area contributed by atoms with Crippen LogP contribution in [0.4, 0.5) is 0 Å². The topological polar surface area (TPSA) is 108 Å². The van der Waals surface area contributed by atoms with Crippen LogP contribution < -0.4 is 14.8 Å². The first-order valence-corrected chi connectivity index (χ1v) is 13.7. The van der Waals surface area contributed by atoms with Gasteiger partial charge in [-0.05, 0) is 48.6 Å². The number of fused-ring (bicyclic) bond motifs is 1. The molecule has 1 fully saturated rings. The fourth-order valence-electron chi connectivity index (χ4n) is 4.76. The van der Waals surface area contributed by atoms with Crippen molar-refractivity contribution < 1.29 is 23.8 Å². The zero-order valence-corrected chi connectivity index (χ0v) is 22.7. The highest BCUT2D eigenvalue weighted by molar-refractivity contribution is 7.09. The van der Waals surface area contributed by atoms with Gasteiger partial charge in [0.25, 0.3) is 0 Å². The summed E-state index contributed by atoms with van der Waals surface area (Å²) in [5.41, 5.74) is 1.98. The van der Waals surface area contributed by atoms with E-state index >= 15 is 0 Å². The number of methoxy groups -OCH3 is 2. The average Bonchev–Trinajstić information content (AvgIpc) is 3.75. The van der Waals surface area contributed by atoms with E-state index in [1.54, 1.807) is 34.9 Å². The molecule has 0 spiro atoms. The van der Waals surface area contributed by atoms with E-state index in [0.717, 1.165) is 23.2 Å². The van der Waals surface area contributed by atoms with Gasteiger partial charge in [-0.1, -0.05) is 23.4 Å². The third-order valence-electron chi connectivity index (χ3n) is 6.76. The fourth-order valence-corrected chi connectivity index (χ4v) is 5.46. The maximum atomic E-state index is 14.1. The van der Waals surface area contributed by atoms with Crippen LogP contribution in [0.5, 0.6) is 11.5 Å². The van der Waals surface area contributed by atoms with Gasteiger partial charge in [-0.25, -0.2) is 4.68 Å². The number of carbonyl (C=O) groups excluding carboxylic acids is 2. The molecule has 11 heteroatoms. The molecule has 2 aromatic heterocycles. The van der Waals surface area contributed by atoms with E-state index in [-0.39, 0.29) is 31.0 Å². The molecular formula is C28H31N5O5S. The lowest BCUT2D eigenvalue weighted by Crippen LogP contribution is -2.46. The molecule has 1 N–H and O–H groups in total. The fraction of sp³-hybridized carbons (Fsp3) is 0.357. The van der Waals surface area contributed by atoms with Crippen molar-refractivity contribution in [2.75, 3.05) is 27.4 Å². The Morgan fingerprint density at radius 2 is 2.05 bits per heavy atom. The van der Waals surface area contributed by atoms with Gasteiger partial charge in [-0.2, -0.15) is 0 Å². The van der Waals surface area contributed by atoms with Crippen molar-refractivity contribution in [3.63, 3.8) is 0 Å². The molecule has 4 aromatic rings. The minimum absolute atomic E-state index is 0.0460. The number of hydrogen-bond acceptors (Lipinski definition) is 8. The third kappa shape index (κ3) is 6.04. The molecule has 5 rings (SSSR count). The number of amides is 2. The van der Waals surface area contributed by atoms with E-state index in [1.165, 1.54) is 18.4 Å². The second-order valence-electron chi connectivity index (χ2n) is 9.23. The first kappa shape index (κ1) is 26.6. The van der Waals surface area contributed by atoms with Gasteiger partial charge in [-0.15, -0.1) is 16.4 Å². The van der Waals surface area contributed by atoms with Crippen molar-refractivity contribution in [2.45, 2.75) is 38.1 Å². The van der Waals surface area contributed by atoms with Crippen LogP contribution in [0.2, 0.25) is 0 Å². The van der Waals surface area contributed by atoms with Crippen LogP contribution in [-0.4, -0.2) is 65.2 Å². The molecule has 1 aliphatic rings. The average molecular weight is 550 g/mol. The lowest BCUT2D eigenvalue weighted by molar-refractivity contribution is -0.142. The molecule has 204 valence electrons. The van der Waals surface area contributed by atoms with E-state index in [0.29, 0.717) is 35.7 Å². The monoisotopic (exact) mass is 549 g/mol. The second-order valence-corrected chi connectivity index (χ2v) is 10.3. The van der Waals surface area contributed by atoms with Crippen LogP contribution >= 0.6 is 11.3 Å². The van der Waals surface area contributed by atoms with Crippen molar-refractivity contribution in [3.05, 3.63) is 70.4 Å². The standard InChI is InChI=1S/C28H31N5O5S/c1-36-19-11-12-22(25(15-19)37-2)27(28(35)29-16-20-7-5-13-38-20)32(17-21-8-6-14-39-21)26(34)18-33-24-10-4-3-9-23(24)30-31-33/h3-4,6,8-12,14-15,20,27H,5,7,13,16-18H2,1-2H3,(H,29,35)/t20-,27-/m1/s1. The molecule has 39 heavy (non-hydrogen) atoms. The van der Waals surface area contributed by atoms with Crippen LogP contribution in [0.3, 0.4) is 0 Å². The van der Waals surface area contributed by atoms with E-state index in [9.17, 15) is 9.59 Å². The highest BCUT2D eigenvalue weighted by Gasteiger charge is 2.35. The molecule has 3 heterocycles. The molecule has 2 aromatic carbocycles. The maximum absolute atomic E-state index is 14.1. The number of carbonyl (C=O) groups is 2. The van der Waals surface area contributed by atoms with Crippen molar-refractivity contribution in [1.82, 2.24) is 25.2 Å². The summed E-state index contributed by atoms with van der Waals surface area (Å²) in [6.45, 7) is 1.20. The Morgan fingerprint density at radius 1 is 1.18 bits per heavy atom. The number of thiophene rings is 1. The number of ether oxygens (including phenoxy) is 3. The minimum Gasteiger partial charge on any atom is -0.497 e. The Bertz CT molecular complexity index is 1420. The van der Waals surface area contributed by atoms with Gasteiger partial charge in [0.05, 0.1) is 32.4 Å². The van der Waals surface area contributed by atoms with Gasteiger partial charge in [0, 0.05) is 29.7 Å². The Labute approximate surface area is 230 Å². The Hall–Kier alpha value is -3.96. The smallest absolute Gasteiger partial charge is 0.247 e. The van der Waals surface area contributed by atoms with Gasteiger partial charge in [-0.3, -0.25) is 9.59 Å². The summed E-state index contributed by atoms with van der Waals surface area (Å²) in [5.74, 6) is 0.428. The number of hydrogen-bond donors (Lipinski definition) is 1. The maximum Gasteiger partial charge on any atom is 0.247 e. The molecule has 10 nitrogen and oxygen atoms in total. The molecule has 1 saturated heterocycles. The molecule has 0 bridgehead atoms. The summed E-state index contributed by atoms with van der Waals surface area (Å²) in [4.78, 5) is 30.5. The highest BCUT2D eigenvalue weighted by atomic mass is 32.1. The molecular weight excluding hydrogens is 518 g/mol. The summed E-state index contributed by atoms with van der Waals surface area (Å²) in [5, 5.41) is 13.4. The number of benzene rings is 2. The highest BCUT2D eigenvalue weighted by Crippen LogP contribution is 2.35. The number of rotatable bonds is 11. The van der Waals surface area contributed by atoms with Crippen LogP contribution in [0.25, 0.3) is 11.0 Å². The van der Waals surface area contributed by atoms with Gasteiger partial charge >= 0.3 is 0 Å². The molecule has 1 aliphatic heterocycles. The van der Waals surface area contributed by atoms with Crippen LogP contribution in [0, 0.1) is 0 Å². The van der Waals surface area contributed by atoms with Crippen molar-refractivity contribution >= 4 is 34.2 Å². The Kier molecular flexibility index (Phi) is 8.38. The predicted octanol–water partition coefficient (Wildman–Crippen LogP) is 3.58.